The Morgan fingerprint density at radius 3 is 2.65 bits per heavy atom. The number of hydrogen-bond donors (Lipinski definition) is 2. The van der Waals surface area contributed by atoms with Crippen LogP contribution in [-0.4, -0.2) is 21.3 Å². The Hall–Kier alpha value is -2.68. The summed E-state index contributed by atoms with van der Waals surface area (Å²) in [5, 5.41) is 11.5. The standard InChI is InChI=1S/C22H17ClF3N3OS/c1-21(30,22(24,25)26)13-7-8-28-17(10-13)15-4-2-3-12-9-14(31-20(12)15)11-18-16(23)5-6-19(27)29-18/h2-10,30H,11H2,1H3,(H2,27,29)/t21-/m0/s1. The number of alkyl halides is 3. The lowest BCUT2D eigenvalue weighted by atomic mass is 9.94. The molecule has 31 heavy (non-hydrogen) atoms. The van der Waals surface area contributed by atoms with E-state index in [1.54, 1.807) is 18.2 Å². The van der Waals surface area contributed by atoms with Gasteiger partial charge in [0.2, 0.25) is 0 Å². The van der Waals surface area contributed by atoms with Crippen LogP contribution in [0.4, 0.5) is 19.0 Å². The van der Waals surface area contributed by atoms with Gasteiger partial charge in [0.25, 0.3) is 0 Å². The molecule has 0 saturated heterocycles. The zero-order valence-corrected chi connectivity index (χ0v) is 17.8. The fraction of sp³-hybridized carbons (Fsp3) is 0.182. The highest BCUT2D eigenvalue weighted by atomic mass is 35.5. The maximum Gasteiger partial charge on any atom is 0.421 e. The van der Waals surface area contributed by atoms with E-state index in [2.05, 4.69) is 9.97 Å². The summed E-state index contributed by atoms with van der Waals surface area (Å²) in [7, 11) is 0. The Kier molecular flexibility index (Phi) is 5.41. The lowest BCUT2D eigenvalue weighted by Crippen LogP contribution is -2.39. The van der Waals surface area contributed by atoms with Gasteiger partial charge in [0, 0.05) is 27.8 Å². The quantitative estimate of drug-likeness (QED) is 0.392. The molecule has 1 aromatic carbocycles. The number of nitrogen functional groups attached to an aromatic ring is 1. The fourth-order valence-electron chi connectivity index (χ4n) is 3.24. The predicted octanol–water partition coefficient (Wildman–Crippen LogP) is 5.95. The molecule has 4 rings (SSSR count). The molecule has 0 spiro atoms. The highest BCUT2D eigenvalue weighted by Crippen LogP contribution is 2.41. The molecule has 9 heteroatoms. The van der Waals surface area contributed by atoms with Gasteiger partial charge in [-0.05, 0) is 48.2 Å². The Balaban J connectivity index is 1.76. The second kappa shape index (κ2) is 7.78. The van der Waals surface area contributed by atoms with Crippen molar-refractivity contribution in [2.75, 3.05) is 5.73 Å². The first-order chi connectivity index (χ1) is 14.6. The van der Waals surface area contributed by atoms with Gasteiger partial charge in [-0.2, -0.15) is 13.2 Å². The van der Waals surface area contributed by atoms with Gasteiger partial charge >= 0.3 is 6.18 Å². The average Bonchev–Trinajstić information content (AvgIpc) is 3.12. The maximum absolute atomic E-state index is 13.3. The summed E-state index contributed by atoms with van der Waals surface area (Å²) < 4.78 is 40.7. The van der Waals surface area contributed by atoms with E-state index in [1.165, 1.54) is 29.7 Å². The number of nitrogens with zero attached hydrogens (tertiary/aromatic N) is 2. The number of thiophene rings is 1. The highest BCUT2D eigenvalue weighted by Gasteiger charge is 2.51. The highest BCUT2D eigenvalue weighted by molar-refractivity contribution is 7.19. The summed E-state index contributed by atoms with van der Waals surface area (Å²) in [6.07, 6.45) is -3.06. The molecular weight excluding hydrogens is 447 g/mol. The number of halogens is 4. The largest absolute Gasteiger partial charge is 0.421 e. The van der Waals surface area contributed by atoms with Crippen molar-refractivity contribution < 1.29 is 18.3 Å². The van der Waals surface area contributed by atoms with Crippen LogP contribution >= 0.6 is 22.9 Å². The van der Waals surface area contributed by atoms with Crippen LogP contribution in [0.15, 0.2) is 54.7 Å². The molecule has 0 saturated carbocycles. The summed E-state index contributed by atoms with van der Waals surface area (Å²) in [6.45, 7) is 0.734. The molecule has 160 valence electrons. The predicted molar refractivity (Wildman–Crippen MR) is 117 cm³/mol. The van der Waals surface area contributed by atoms with Gasteiger partial charge in [0.1, 0.15) is 5.82 Å². The Labute approximate surface area is 185 Å². The van der Waals surface area contributed by atoms with E-state index in [0.717, 1.165) is 21.9 Å². The van der Waals surface area contributed by atoms with Crippen LogP contribution in [0.25, 0.3) is 21.3 Å². The number of pyridine rings is 2. The molecule has 1 atom stereocenters. The lowest BCUT2D eigenvalue weighted by molar-refractivity contribution is -0.258. The molecule has 0 unspecified atom stereocenters. The molecule has 0 fully saturated rings. The van der Waals surface area contributed by atoms with Crippen LogP contribution in [-0.2, 0) is 12.0 Å². The van der Waals surface area contributed by atoms with E-state index in [4.69, 9.17) is 17.3 Å². The first-order valence-electron chi connectivity index (χ1n) is 9.24. The monoisotopic (exact) mass is 463 g/mol. The number of hydrogen-bond acceptors (Lipinski definition) is 5. The SMILES string of the molecule is C[C@](O)(c1ccnc(-c2cccc3cc(Cc4nc(N)ccc4Cl)sc23)c1)C(F)(F)F. The topological polar surface area (TPSA) is 72.0 Å². The van der Waals surface area contributed by atoms with Crippen molar-refractivity contribution >= 4 is 38.8 Å². The average molecular weight is 464 g/mol. The van der Waals surface area contributed by atoms with Crippen LogP contribution in [0.1, 0.15) is 23.1 Å². The normalized spacial score (nSPS) is 14.0. The van der Waals surface area contributed by atoms with Crippen molar-refractivity contribution in [3.8, 4) is 11.3 Å². The van der Waals surface area contributed by atoms with Crippen molar-refractivity contribution in [2.45, 2.75) is 25.1 Å². The van der Waals surface area contributed by atoms with Crippen molar-refractivity contribution in [1.29, 1.82) is 0 Å². The Bertz CT molecular complexity index is 1270. The van der Waals surface area contributed by atoms with Crippen LogP contribution in [0.2, 0.25) is 5.02 Å². The minimum absolute atomic E-state index is 0.269. The minimum Gasteiger partial charge on any atom is -0.384 e. The molecule has 3 aromatic heterocycles. The van der Waals surface area contributed by atoms with Crippen LogP contribution in [0, 0.1) is 0 Å². The Morgan fingerprint density at radius 2 is 1.90 bits per heavy atom. The van der Waals surface area contributed by atoms with E-state index in [1.807, 2.05) is 18.2 Å². The molecule has 0 aliphatic rings. The van der Waals surface area contributed by atoms with E-state index < -0.39 is 11.8 Å². The van der Waals surface area contributed by atoms with Gasteiger partial charge in [-0.1, -0.05) is 29.8 Å². The maximum atomic E-state index is 13.3. The lowest BCUT2D eigenvalue weighted by Gasteiger charge is -2.26. The third-order valence-electron chi connectivity index (χ3n) is 5.03. The summed E-state index contributed by atoms with van der Waals surface area (Å²) >= 11 is 7.71. The molecule has 3 N–H and O–H groups in total. The minimum atomic E-state index is -4.81. The number of aliphatic hydroxyl groups is 1. The number of rotatable bonds is 4. The fourth-order valence-corrected chi connectivity index (χ4v) is 4.60. The van der Waals surface area contributed by atoms with E-state index in [-0.39, 0.29) is 5.56 Å². The second-order valence-electron chi connectivity index (χ2n) is 7.28. The second-order valence-corrected chi connectivity index (χ2v) is 8.82. The summed E-state index contributed by atoms with van der Waals surface area (Å²) in [4.78, 5) is 9.51. The molecule has 0 aliphatic carbocycles. The molecule has 0 bridgehead atoms. The van der Waals surface area contributed by atoms with Gasteiger partial charge in [0.15, 0.2) is 5.60 Å². The zero-order chi connectivity index (χ0) is 22.4. The number of nitrogens with two attached hydrogens (primary N) is 1. The van der Waals surface area contributed by atoms with E-state index >= 15 is 0 Å². The van der Waals surface area contributed by atoms with Crippen molar-refractivity contribution in [3.63, 3.8) is 0 Å². The molecule has 0 aliphatic heterocycles. The third-order valence-corrected chi connectivity index (χ3v) is 6.56. The van der Waals surface area contributed by atoms with E-state index in [0.29, 0.717) is 34.2 Å². The third kappa shape index (κ3) is 4.11. The van der Waals surface area contributed by atoms with Crippen molar-refractivity contribution in [1.82, 2.24) is 9.97 Å². The van der Waals surface area contributed by atoms with Gasteiger partial charge in [-0.3, -0.25) is 4.98 Å². The molecule has 0 radical (unpaired) electrons. The molecule has 0 amide bonds. The first kappa shape index (κ1) is 21.5. The first-order valence-corrected chi connectivity index (χ1v) is 10.4. The van der Waals surface area contributed by atoms with Crippen molar-refractivity contribution in [2.24, 2.45) is 0 Å². The molecular formula is C22H17ClF3N3OS. The summed E-state index contributed by atoms with van der Waals surface area (Å²) in [5.74, 6) is 0.374. The van der Waals surface area contributed by atoms with Crippen LogP contribution in [0.3, 0.4) is 0 Å². The van der Waals surface area contributed by atoms with Crippen molar-refractivity contribution in [3.05, 3.63) is 75.9 Å². The number of fused-ring (bicyclic) bond motifs is 1. The van der Waals surface area contributed by atoms with Crippen LogP contribution in [0.5, 0.6) is 0 Å². The summed E-state index contributed by atoms with van der Waals surface area (Å²) in [5.41, 5.74) is 4.19. The number of aromatic nitrogens is 2. The van der Waals surface area contributed by atoms with Gasteiger partial charge < -0.3 is 10.8 Å². The van der Waals surface area contributed by atoms with Gasteiger partial charge in [0.05, 0.1) is 16.4 Å². The van der Waals surface area contributed by atoms with E-state index in [9.17, 15) is 18.3 Å². The van der Waals surface area contributed by atoms with Gasteiger partial charge in [-0.25, -0.2) is 4.98 Å². The smallest absolute Gasteiger partial charge is 0.384 e. The van der Waals surface area contributed by atoms with Crippen LogP contribution < -0.4 is 5.73 Å². The summed E-state index contributed by atoms with van der Waals surface area (Å²) in [6, 6.07) is 13.3. The number of benzene rings is 1. The molecule has 4 nitrogen and oxygen atoms in total. The molecule has 4 aromatic rings. The zero-order valence-electron chi connectivity index (χ0n) is 16.2. The number of anilines is 1. The van der Waals surface area contributed by atoms with Gasteiger partial charge in [-0.15, -0.1) is 11.3 Å². The molecule has 3 heterocycles. The Morgan fingerprint density at radius 1 is 1.13 bits per heavy atom.